The molecule has 0 saturated heterocycles. The van der Waals surface area contributed by atoms with Gasteiger partial charge >= 0.3 is 5.97 Å². The zero-order valence-electron chi connectivity index (χ0n) is 14.4. The third kappa shape index (κ3) is 15.0. The van der Waals surface area contributed by atoms with Crippen LogP contribution in [-0.2, 0) is 9.53 Å². The number of hydrogen-bond donors (Lipinski definition) is 2. The van der Waals surface area contributed by atoms with Crippen molar-refractivity contribution < 1.29 is 9.53 Å². The molecule has 5 heteroatoms. The van der Waals surface area contributed by atoms with E-state index < -0.39 is 5.60 Å². The van der Waals surface area contributed by atoms with Gasteiger partial charge in [-0.25, -0.2) is 0 Å². The summed E-state index contributed by atoms with van der Waals surface area (Å²) in [6.07, 6.45) is 4.30. The van der Waals surface area contributed by atoms with Gasteiger partial charge < -0.3 is 15.8 Å². The van der Waals surface area contributed by atoms with Crippen LogP contribution in [0.5, 0.6) is 0 Å². The zero-order chi connectivity index (χ0) is 16.3. The topological polar surface area (TPSA) is 76.7 Å². The number of carbonyl (C=O) groups is 1. The molecule has 0 unspecified atom stereocenters. The van der Waals surface area contributed by atoms with E-state index in [4.69, 9.17) is 10.5 Å². The molecule has 0 aliphatic rings. The molecule has 0 aliphatic heterocycles. The molecular weight excluding hydrogens is 266 g/mol. The van der Waals surface area contributed by atoms with Crippen LogP contribution in [0.2, 0.25) is 0 Å². The fourth-order valence-corrected chi connectivity index (χ4v) is 1.69. The lowest BCUT2D eigenvalue weighted by Crippen LogP contribution is -2.33. The van der Waals surface area contributed by atoms with Crippen molar-refractivity contribution in [2.75, 3.05) is 13.1 Å². The molecule has 0 atom stereocenters. The SMILES string of the molecule is CC(C)CCNC(N)=NCCCCCC(=O)OC(C)(C)C. The van der Waals surface area contributed by atoms with Gasteiger partial charge in [0.2, 0.25) is 0 Å². The van der Waals surface area contributed by atoms with Gasteiger partial charge in [-0.05, 0) is 46.0 Å². The fourth-order valence-electron chi connectivity index (χ4n) is 1.69. The van der Waals surface area contributed by atoms with Crippen molar-refractivity contribution in [2.24, 2.45) is 16.6 Å². The van der Waals surface area contributed by atoms with E-state index in [2.05, 4.69) is 24.2 Å². The normalized spacial score (nSPS) is 12.6. The smallest absolute Gasteiger partial charge is 0.306 e. The minimum Gasteiger partial charge on any atom is -0.460 e. The molecule has 0 heterocycles. The lowest BCUT2D eigenvalue weighted by molar-refractivity contribution is -0.154. The van der Waals surface area contributed by atoms with Gasteiger partial charge in [0.05, 0.1) is 0 Å². The van der Waals surface area contributed by atoms with Crippen molar-refractivity contribution in [1.82, 2.24) is 5.32 Å². The molecule has 0 aromatic carbocycles. The van der Waals surface area contributed by atoms with Crippen molar-refractivity contribution in [3.8, 4) is 0 Å². The van der Waals surface area contributed by atoms with E-state index in [1.54, 1.807) is 0 Å². The summed E-state index contributed by atoms with van der Waals surface area (Å²) in [5.41, 5.74) is 5.37. The first kappa shape index (κ1) is 19.7. The molecule has 0 amide bonds. The highest BCUT2D eigenvalue weighted by Gasteiger charge is 2.15. The first-order chi connectivity index (χ1) is 9.70. The number of rotatable bonds is 9. The Morgan fingerprint density at radius 1 is 1.24 bits per heavy atom. The number of guanidine groups is 1. The third-order valence-corrected chi connectivity index (χ3v) is 2.77. The first-order valence-corrected chi connectivity index (χ1v) is 7.96. The van der Waals surface area contributed by atoms with Crippen LogP contribution in [0.15, 0.2) is 4.99 Å². The predicted molar refractivity (Wildman–Crippen MR) is 88.3 cm³/mol. The van der Waals surface area contributed by atoms with Gasteiger partial charge in [-0.15, -0.1) is 0 Å². The summed E-state index contributed by atoms with van der Waals surface area (Å²) in [5.74, 6) is 1.06. The second-order valence-corrected chi connectivity index (χ2v) is 6.77. The molecule has 0 rings (SSSR count). The number of esters is 1. The van der Waals surface area contributed by atoms with E-state index in [0.717, 1.165) is 32.2 Å². The van der Waals surface area contributed by atoms with Gasteiger partial charge in [0.1, 0.15) is 5.60 Å². The highest BCUT2D eigenvalue weighted by molar-refractivity contribution is 5.77. The fraction of sp³-hybridized carbons (Fsp3) is 0.875. The first-order valence-electron chi connectivity index (χ1n) is 7.96. The summed E-state index contributed by atoms with van der Waals surface area (Å²) in [7, 11) is 0. The maximum absolute atomic E-state index is 11.5. The summed E-state index contributed by atoms with van der Waals surface area (Å²) in [5, 5.41) is 3.10. The van der Waals surface area contributed by atoms with Crippen LogP contribution in [0.4, 0.5) is 0 Å². The van der Waals surface area contributed by atoms with Crippen LogP contribution in [0.1, 0.15) is 66.7 Å². The van der Waals surface area contributed by atoms with Crippen molar-refractivity contribution in [1.29, 1.82) is 0 Å². The van der Waals surface area contributed by atoms with Crippen LogP contribution < -0.4 is 11.1 Å². The van der Waals surface area contributed by atoms with Gasteiger partial charge in [0.25, 0.3) is 0 Å². The average Bonchev–Trinajstić information content (AvgIpc) is 2.30. The second-order valence-electron chi connectivity index (χ2n) is 6.77. The Kier molecular flexibility index (Phi) is 9.84. The number of hydrogen-bond acceptors (Lipinski definition) is 3. The summed E-state index contributed by atoms with van der Waals surface area (Å²) in [6, 6.07) is 0. The van der Waals surface area contributed by atoms with E-state index in [1.165, 1.54) is 0 Å². The lowest BCUT2D eigenvalue weighted by atomic mass is 10.1. The largest absolute Gasteiger partial charge is 0.460 e. The summed E-state index contributed by atoms with van der Waals surface area (Å²) < 4.78 is 5.25. The molecule has 124 valence electrons. The van der Waals surface area contributed by atoms with E-state index in [1.807, 2.05) is 20.8 Å². The van der Waals surface area contributed by atoms with Crippen LogP contribution in [0.3, 0.4) is 0 Å². The van der Waals surface area contributed by atoms with Gasteiger partial charge in [-0.1, -0.05) is 20.3 Å². The van der Waals surface area contributed by atoms with E-state index in [9.17, 15) is 4.79 Å². The molecule has 0 aliphatic carbocycles. The van der Waals surface area contributed by atoms with Gasteiger partial charge in [0, 0.05) is 19.5 Å². The zero-order valence-corrected chi connectivity index (χ0v) is 14.4. The molecule has 0 bridgehead atoms. The molecule has 0 radical (unpaired) electrons. The number of carbonyl (C=O) groups excluding carboxylic acids is 1. The van der Waals surface area contributed by atoms with Crippen molar-refractivity contribution in [3.63, 3.8) is 0 Å². The van der Waals surface area contributed by atoms with E-state index in [-0.39, 0.29) is 5.97 Å². The summed E-state index contributed by atoms with van der Waals surface area (Å²) in [4.78, 5) is 15.8. The Morgan fingerprint density at radius 2 is 1.90 bits per heavy atom. The minimum atomic E-state index is -0.391. The van der Waals surface area contributed by atoms with Crippen molar-refractivity contribution in [3.05, 3.63) is 0 Å². The Morgan fingerprint density at radius 3 is 2.48 bits per heavy atom. The Hall–Kier alpha value is -1.26. The molecule has 0 saturated carbocycles. The van der Waals surface area contributed by atoms with Gasteiger partial charge in [-0.3, -0.25) is 9.79 Å². The average molecular weight is 299 g/mol. The van der Waals surface area contributed by atoms with E-state index in [0.29, 0.717) is 24.8 Å². The highest BCUT2D eigenvalue weighted by Crippen LogP contribution is 2.10. The number of nitrogens with one attached hydrogen (secondary N) is 1. The Bertz CT molecular complexity index is 320. The number of nitrogens with two attached hydrogens (primary N) is 1. The minimum absolute atomic E-state index is 0.124. The Labute approximate surface area is 129 Å². The number of nitrogens with zero attached hydrogens (tertiary/aromatic N) is 1. The number of unbranched alkanes of at least 4 members (excludes halogenated alkanes) is 2. The number of ether oxygens (including phenoxy) is 1. The number of aliphatic imine (C=N–C) groups is 1. The van der Waals surface area contributed by atoms with E-state index >= 15 is 0 Å². The lowest BCUT2D eigenvalue weighted by Gasteiger charge is -2.19. The Balaban J connectivity index is 3.56. The third-order valence-electron chi connectivity index (χ3n) is 2.77. The molecule has 3 N–H and O–H groups in total. The van der Waals surface area contributed by atoms with Crippen molar-refractivity contribution in [2.45, 2.75) is 72.3 Å². The predicted octanol–water partition coefficient (Wildman–Crippen LogP) is 2.84. The van der Waals surface area contributed by atoms with Crippen LogP contribution in [0, 0.1) is 5.92 Å². The van der Waals surface area contributed by atoms with Crippen LogP contribution in [-0.4, -0.2) is 30.6 Å². The second kappa shape index (κ2) is 10.5. The molecule has 0 aromatic heterocycles. The van der Waals surface area contributed by atoms with Crippen molar-refractivity contribution >= 4 is 11.9 Å². The van der Waals surface area contributed by atoms with Gasteiger partial charge in [0.15, 0.2) is 5.96 Å². The monoisotopic (exact) mass is 299 g/mol. The molecule has 0 spiro atoms. The molecular formula is C16H33N3O2. The quantitative estimate of drug-likeness (QED) is 0.297. The highest BCUT2D eigenvalue weighted by atomic mass is 16.6. The standard InChI is InChI=1S/C16H33N3O2/c1-13(2)10-12-19-15(17)18-11-8-6-7-9-14(20)21-16(3,4)5/h13H,6-12H2,1-5H3,(H3,17,18,19). The molecule has 21 heavy (non-hydrogen) atoms. The maximum Gasteiger partial charge on any atom is 0.306 e. The molecule has 0 fully saturated rings. The van der Waals surface area contributed by atoms with Crippen LogP contribution >= 0.6 is 0 Å². The summed E-state index contributed by atoms with van der Waals surface area (Å²) in [6.45, 7) is 11.6. The maximum atomic E-state index is 11.5. The molecule has 0 aromatic rings. The van der Waals surface area contributed by atoms with Crippen LogP contribution in [0.25, 0.3) is 0 Å². The molecule has 5 nitrogen and oxygen atoms in total. The summed E-state index contributed by atoms with van der Waals surface area (Å²) >= 11 is 0. The van der Waals surface area contributed by atoms with Gasteiger partial charge in [-0.2, -0.15) is 0 Å².